The van der Waals surface area contributed by atoms with Gasteiger partial charge in [-0.1, -0.05) is 18.2 Å². The van der Waals surface area contributed by atoms with Crippen molar-refractivity contribution in [1.29, 1.82) is 0 Å². The van der Waals surface area contributed by atoms with Gasteiger partial charge in [0, 0.05) is 38.8 Å². The van der Waals surface area contributed by atoms with Crippen molar-refractivity contribution < 1.29 is 19.1 Å². The van der Waals surface area contributed by atoms with Crippen LogP contribution in [0.15, 0.2) is 42.9 Å². The quantitative estimate of drug-likeness (QED) is 0.495. The van der Waals surface area contributed by atoms with Gasteiger partial charge in [-0.15, -0.1) is 5.10 Å². The standard InChI is InChI=1S/C25H27N7O4/c1-16-8-19-10-18(3-4-21(19)25(34)36-16)22-13-30-6-7-31(12-20(30)14-35-22)24(33)9-17-2-5-23(26-11-17)32-15-27-28-29-32/h2-5,10-11,15-16,20,22H,6-9,12-14H2,1H3/t16-,20+,22+/m1/s1. The zero-order valence-electron chi connectivity index (χ0n) is 20.0. The minimum Gasteiger partial charge on any atom is -0.459 e. The van der Waals surface area contributed by atoms with Gasteiger partial charge in [0.05, 0.1) is 30.7 Å². The van der Waals surface area contributed by atoms with Crippen LogP contribution in [0.3, 0.4) is 0 Å². The molecule has 3 aromatic rings. The Kier molecular flexibility index (Phi) is 5.94. The summed E-state index contributed by atoms with van der Waals surface area (Å²) in [4.78, 5) is 33.8. The van der Waals surface area contributed by atoms with Gasteiger partial charge >= 0.3 is 5.97 Å². The Bertz CT molecular complexity index is 1260. The number of fused-ring (bicyclic) bond motifs is 2. The zero-order valence-corrected chi connectivity index (χ0v) is 20.0. The summed E-state index contributed by atoms with van der Waals surface area (Å²) in [7, 11) is 0. The van der Waals surface area contributed by atoms with Gasteiger partial charge in [0.2, 0.25) is 5.91 Å². The molecule has 0 bridgehead atoms. The summed E-state index contributed by atoms with van der Waals surface area (Å²) in [5.41, 5.74) is 3.62. The summed E-state index contributed by atoms with van der Waals surface area (Å²) in [6.07, 6.45) is 4.04. The molecule has 6 rings (SSSR count). The highest BCUT2D eigenvalue weighted by Gasteiger charge is 2.36. The second kappa shape index (κ2) is 9.40. The third kappa shape index (κ3) is 4.47. The monoisotopic (exact) mass is 489 g/mol. The van der Waals surface area contributed by atoms with Crippen molar-refractivity contribution in [2.24, 2.45) is 0 Å². The van der Waals surface area contributed by atoms with Gasteiger partial charge in [-0.3, -0.25) is 9.69 Å². The molecule has 0 N–H and O–H groups in total. The van der Waals surface area contributed by atoms with Crippen LogP contribution in [0.5, 0.6) is 0 Å². The number of tetrazole rings is 1. The molecule has 3 aliphatic rings. The lowest BCUT2D eigenvalue weighted by molar-refractivity contribution is -0.139. The molecule has 1 amide bonds. The van der Waals surface area contributed by atoms with Gasteiger partial charge in [-0.2, -0.15) is 4.68 Å². The number of nitrogens with zero attached hydrogens (tertiary/aromatic N) is 7. The average molecular weight is 490 g/mol. The van der Waals surface area contributed by atoms with Gasteiger partial charge in [0.25, 0.3) is 0 Å². The Hall–Kier alpha value is -3.70. The molecule has 1 aromatic carbocycles. The van der Waals surface area contributed by atoms with Crippen molar-refractivity contribution in [3.8, 4) is 5.82 Å². The number of aromatic nitrogens is 5. The number of carbonyl (C=O) groups is 2. The van der Waals surface area contributed by atoms with Crippen LogP contribution in [0.25, 0.3) is 5.82 Å². The van der Waals surface area contributed by atoms with E-state index >= 15 is 0 Å². The maximum absolute atomic E-state index is 13.0. The highest BCUT2D eigenvalue weighted by atomic mass is 16.5. The van der Waals surface area contributed by atoms with E-state index in [1.807, 2.05) is 30.0 Å². The molecular formula is C25H27N7O4. The third-order valence-electron chi connectivity index (χ3n) is 7.13. The predicted molar refractivity (Wildman–Crippen MR) is 126 cm³/mol. The Morgan fingerprint density at radius 1 is 1.17 bits per heavy atom. The summed E-state index contributed by atoms with van der Waals surface area (Å²) < 4.78 is 13.1. The molecule has 0 aliphatic carbocycles. The van der Waals surface area contributed by atoms with E-state index in [0.29, 0.717) is 37.5 Å². The number of esters is 1. The molecule has 11 nitrogen and oxygen atoms in total. The number of rotatable bonds is 4. The van der Waals surface area contributed by atoms with Gasteiger partial charge < -0.3 is 14.4 Å². The second-order valence-corrected chi connectivity index (χ2v) is 9.60. The summed E-state index contributed by atoms with van der Waals surface area (Å²) in [5, 5.41) is 11.0. The lowest BCUT2D eigenvalue weighted by Crippen LogP contribution is -2.59. The van der Waals surface area contributed by atoms with Crippen LogP contribution in [0.1, 0.15) is 40.1 Å². The molecule has 0 radical (unpaired) electrons. The van der Waals surface area contributed by atoms with Crippen molar-refractivity contribution >= 4 is 11.9 Å². The number of morpholine rings is 1. The number of ether oxygens (including phenoxy) is 2. The van der Waals surface area contributed by atoms with E-state index in [2.05, 4.69) is 31.5 Å². The first-order chi connectivity index (χ1) is 17.5. The zero-order chi connectivity index (χ0) is 24.6. The first kappa shape index (κ1) is 22.7. The van der Waals surface area contributed by atoms with E-state index < -0.39 is 0 Å². The Morgan fingerprint density at radius 2 is 2.08 bits per heavy atom. The normalized spacial score (nSPS) is 24.1. The van der Waals surface area contributed by atoms with Crippen molar-refractivity contribution in [3.63, 3.8) is 0 Å². The van der Waals surface area contributed by atoms with E-state index in [4.69, 9.17) is 9.47 Å². The predicted octanol–water partition coefficient (Wildman–Crippen LogP) is 0.986. The summed E-state index contributed by atoms with van der Waals surface area (Å²) >= 11 is 0. The molecule has 2 aromatic heterocycles. The molecular weight excluding hydrogens is 462 g/mol. The number of piperazine rings is 1. The van der Waals surface area contributed by atoms with Crippen LogP contribution < -0.4 is 0 Å². The smallest absolute Gasteiger partial charge is 0.338 e. The van der Waals surface area contributed by atoms with Gasteiger partial charge in [0.1, 0.15) is 12.4 Å². The second-order valence-electron chi connectivity index (χ2n) is 9.60. The van der Waals surface area contributed by atoms with Crippen LogP contribution in [-0.2, 0) is 27.1 Å². The number of pyridine rings is 1. The molecule has 3 aliphatic heterocycles. The molecule has 0 unspecified atom stereocenters. The number of hydrogen-bond acceptors (Lipinski definition) is 9. The van der Waals surface area contributed by atoms with Crippen LogP contribution in [0, 0.1) is 0 Å². The third-order valence-corrected chi connectivity index (χ3v) is 7.13. The maximum Gasteiger partial charge on any atom is 0.338 e. The molecule has 0 saturated carbocycles. The lowest BCUT2D eigenvalue weighted by atomic mass is 9.94. The molecule has 2 saturated heterocycles. The number of benzene rings is 1. The molecule has 3 atom stereocenters. The summed E-state index contributed by atoms with van der Waals surface area (Å²) in [6, 6.07) is 9.78. The van der Waals surface area contributed by atoms with E-state index in [1.165, 1.54) is 11.0 Å². The van der Waals surface area contributed by atoms with Crippen molar-refractivity contribution in [2.45, 2.75) is 38.0 Å². The van der Waals surface area contributed by atoms with E-state index in [0.717, 1.165) is 36.2 Å². The maximum atomic E-state index is 13.0. The Labute approximate surface area is 208 Å². The van der Waals surface area contributed by atoms with Crippen LogP contribution >= 0.6 is 0 Å². The van der Waals surface area contributed by atoms with Crippen LogP contribution in [0.2, 0.25) is 0 Å². The highest BCUT2D eigenvalue weighted by Crippen LogP contribution is 2.30. The first-order valence-corrected chi connectivity index (χ1v) is 12.2. The van der Waals surface area contributed by atoms with E-state index in [1.54, 1.807) is 12.3 Å². The minimum absolute atomic E-state index is 0.0492. The summed E-state index contributed by atoms with van der Waals surface area (Å²) in [5.74, 6) is 0.441. The highest BCUT2D eigenvalue weighted by molar-refractivity contribution is 5.92. The number of cyclic esters (lactones) is 1. The number of amides is 1. The first-order valence-electron chi connectivity index (χ1n) is 12.2. The van der Waals surface area contributed by atoms with Crippen LogP contribution in [-0.4, -0.2) is 91.8 Å². The number of carbonyl (C=O) groups excluding carboxylic acids is 2. The number of hydrogen-bond donors (Lipinski definition) is 0. The fourth-order valence-corrected chi connectivity index (χ4v) is 5.20. The Balaban J connectivity index is 1.05. The van der Waals surface area contributed by atoms with E-state index in [9.17, 15) is 9.59 Å². The molecule has 2 fully saturated rings. The fraction of sp³-hybridized carbons (Fsp3) is 0.440. The van der Waals surface area contributed by atoms with Crippen molar-refractivity contribution in [2.75, 3.05) is 32.8 Å². The van der Waals surface area contributed by atoms with Crippen molar-refractivity contribution in [1.82, 2.24) is 35.0 Å². The molecule has 0 spiro atoms. The average Bonchev–Trinajstić information content (AvgIpc) is 3.43. The van der Waals surface area contributed by atoms with Crippen LogP contribution in [0.4, 0.5) is 0 Å². The largest absolute Gasteiger partial charge is 0.459 e. The molecule has 36 heavy (non-hydrogen) atoms. The Morgan fingerprint density at radius 3 is 2.89 bits per heavy atom. The van der Waals surface area contributed by atoms with Gasteiger partial charge in [-0.05, 0) is 46.2 Å². The molecule has 11 heteroatoms. The van der Waals surface area contributed by atoms with Crippen molar-refractivity contribution in [3.05, 3.63) is 65.1 Å². The lowest BCUT2D eigenvalue weighted by Gasteiger charge is -2.46. The summed E-state index contributed by atoms with van der Waals surface area (Å²) in [6.45, 7) is 5.39. The van der Waals surface area contributed by atoms with Gasteiger partial charge in [-0.25, -0.2) is 9.78 Å². The fourth-order valence-electron chi connectivity index (χ4n) is 5.20. The molecule has 186 valence electrons. The van der Waals surface area contributed by atoms with E-state index in [-0.39, 0.29) is 30.1 Å². The minimum atomic E-state index is -0.250. The topological polar surface area (TPSA) is 116 Å². The molecule has 5 heterocycles. The van der Waals surface area contributed by atoms with Gasteiger partial charge in [0.15, 0.2) is 5.82 Å². The SMILES string of the molecule is C[C@@H]1Cc2cc([C@@H]3CN4CCN(C(=O)Cc5ccc(-n6cnnn6)nc5)C[C@H]4CO3)ccc2C(=O)O1.